The van der Waals surface area contributed by atoms with E-state index < -0.39 is 0 Å². The van der Waals surface area contributed by atoms with Crippen LogP contribution in [0, 0.1) is 0 Å². The molecule has 0 unspecified atom stereocenters. The van der Waals surface area contributed by atoms with Gasteiger partial charge in [0.1, 0.15) is 11.5 Å². The maximum absolute atomic E-state index is 9.87. The van der Waals surface area contributed by atoms with Gasteiger partial charge in [-0.05, 0) is 31.2 Å². The molecular weight excluding hydrogens is 297 g/mol. The van der Waals surface area contributed by atoms with Crippen molar-refractivity contribution in [2.45, 2.75) is 13.5 Å². The summed E-state index contributed by atoms with van der Waals surface area (Å²) in [7, 11) is 0. The predicted molar refractivity (Wildman–Crippen MR) is 83.1 cm³/mol. The lowest BCUT2D eigenvalue weighted by atomic mass is 10.2. The summed E-state index contributed by atoms with van der Waals surface area (Å²) < 4.78 is 5.52. The number of phenols is 1. The van der Waals surface area contributed by atoms with Gasteiger partial charge in [-0.15, -0.1) is 0 Å². The molecule has 0 bridgehead atoms. The smallest absolute Gasteiger partial charge is 0.142 e. The Kier molecular flexibility index (Phi) is 4.99. The van der Waals surface area contributed by atoms with E-state index in [0.29, 0.717) is 28.8 Å². The average Bonchev–Trinajstić information content (AvgIpc) is 2.43. The molecule has 0 aliphatic carbocycles. The molecule has 0 aliphatic rings. The third kappa shape index (κ3) is 3.50. The van der Waals surface area contributed by atoms with Crippen LogP contribution < -0.4 is 10.1 Å². The molecule has 0 heterocycles. The highest BCUT2D eigenvalue weighted by Gasteiger charge is 2.08. The second-order valence-electron chi connectivity index (χ2n) is 4.17. The number of rotatable bonds is 5. The van der Waals surface area contributed by atoms with Crippen LogP contribution in [0.15, 0.2) is 36.4 Å². The molecule has 0 aromatic heterocycles. The van der Waals surface area contributed by atoms with E-state index >= 15 is 0 Å². The average molecular weight is 312 g/mol. The van der Waals surface area contributed by atoms with Crippen molar-refractivity contribution in [2.75, 3.05) is 11.9 Å². The number of aromatic hydroxyl groups is 1. The van der Waals surface area contributed by atoms with Crippen molar-refractivity contribution in [3.05, 3.63) is 52.0 Å². The number of hydrogen-bond donors (Lipinski definition) is 2. The van der Waals surface area contributed by atoms with Crippen LogP contribution in [0.3, 0.4) is 0 Å². The van der Waals surface area contributed by atoms with Crippen LogP contribution in [0.25, 0.3) is 0 Å². The first-order valence-electron chi connectivity index (χ1n) is 6.24. The Hall–Kier alpha value is -1.58. The van der Waals surface area contributed by atoms with E-state index in [9.17, 15) is 5.11 Å². The van der Waals surface area contributed by atoms with Crippen molar-refractivity contribution in [1.82, 2.24) is 0 Å². The van der Waals surface area contributed by atoms with E-state index in [-0.39, 0.29) is 5.75 Å². The molecule has 0 saturated heterocycles. The van der Waals surface area contributed by atoms with Gasteiger partial charge in [0.2, 0.25) is 0 Å². The highest BCUT2D eigenvalue weighted by molar-refractivity contribution is 6.32. The van der Waals surface area contributed by atoms with Crippen LogP contribution in [0.2, 0.25) is 10.0 Å². The van der Waals surface area contributed by atoms with Gasteiger partial charge < -0.3 is 15.2 Å². The quantitative estimate of drug-likeness (QED) is 0.840. The summed E-state index contributed by atoms with van der Waals surface area (Å²) in [5.41, 5.74) is 1.48. The zero-order chi connectivity index (χ0) is 14.5. The largest absolute Gasteiger partial charge is 0.506 e. The van der Waals surface area contributed by atoms with Crippen molar-refractivity contribution in [1.29, 1.82) is 0 Å². The van der Waals surface area contributed by atoms with Crippen molar-refractivity contribution in [3.63, 3.8) is 0 Å². The highest BCUT2D eigenvalue weighted by Crippen LogP contribution is 2.31. The topological polar surface area (TPSA) is 41.5 Å². The number of phenolic OH excluding ortho intramolecular Hbond substituents is 1. The van der Waals surface area contributed by atoms with E-state index in [1.165, 1.54) is 0 Å². The lowest BCUT2D eigenvalue weighted by Crippen LogP contribution is -2.03. The van der Waals surface area contributed by atoms with Gasteiger partial charge in [0.15, 0.2) is 0 Å². The summed E-state index contributed by atoms with van der Waals surface area (Å²) in [6.45, 7) is 2.91. The Bertz CT molecular complexity index is 602. The van der Waals surface area contributed by atoms with Gasteiger partial charge in [-0.3, -0.25) is 0 Å². The maximum Gasteiger partial charge on any atom is 0.142 e. The third-order valence-corrected chi connectivity index (χ3v) is 3.32. The van der Waals surface area contributed by atoms with E-state index in [4.69, 9.17) is 27.9 Å². The molecule has 2 aromatic rings. The molecule has 2 aromatic carbocycles. The molecule has 0 fully saturated rings. The lowest BCUT2D eigenvalue weighted by molar-refractivity contribution is 0.341. The fraction of sp³-hybridized carbons (Fsp3) is 0.200. The second kappa shape index (κ2) is 6.73. The van der Waals surface area contributed by atoms with Crippen molar-refractivity contribution >= 4 is 28.9 Å². The predicted octanol–water partition coefficient (Wildman–Crippen LogP) is 4.71. The standard InChI is InChI=1S/C15H15Cl2NO2/c1-2-20-14-7-6-11(16)8-13(14)18-9-10-4-3-5-12(17)15(10)19/h3-8,18-19H,2,9H2,1H3. The first-order valence-corrected chi connectivity index (χ1v) is 7.00. The van der Waals surface area contributed by atoms with Crippen molar-refractivity contribution in [3.8, 4) is 11.5 Å². The Morgan fingerprint density at radius 3 is 2.75 bits per heavy atom. The van der Waals surface area contributed by atoms with Gasteiger partial charge in [-0.25, -0.2) is 0 Å². The van der Waals surface area contributed by atoms with Crippen molar-refractivity contribution < 1.29 is 9.84 Å². The molecule has 0 amide bonds. The minimum Gasteiger partial charge on any atom is -0.506 e. The second-order valence-corrected chi connectivity index (χ2v) is 5.02. The van der Waals surface area contributed by atoms with Crippen LogP contribution in [0.4, 0.5) is 5.69 Å². The highest BCUT2D eigenvalue weighted by atomic mass is 35.5. The summed E-state index contributed by atoms with van der Waals surface area (Å²) in [5, 5.41) is 14.0. The molecule has 0 aliphatic heterocycles. The number of halogens is 2. The van der Waals surface area contributed by atoms with E-state index in [2.05, 4.69) is 5.32 Å². The van der Waals surface area contributed by atoms with Gasteiger partial charge in [-0.2, -0.15) is 0 Å². The van der Waals surface area contributed by atoms with Crippen LogP contribution >= 0.6 is 23.2 Å². The SMILES string of the molecule is CCOc1ccc(Cl)cc1NCc1cccc(Cl)c1O. The number of ether oxygens (including phenoxy) is 1. The van der Waals surface area contributed by atoms with Gasteiger partial charge in [0, 0.05) is 17.1 Å². The zero-order valence-electron chi connectivity index (χ0n) is 11.0. The van der Waals surface area contributed by atoms with Crippen LogP contribution in [0.1, 0.15) is 12.5 Å². The minimum absolute atomic E-state index is 0.0849. The molecule has 2 N–H and O–H groups in total. The molecule has 0 spiro atoms. The van der Waals surface area contributed by atoms with Gasteiger partial charge in [0.25, 0.3) is 0 Å². The normalized spacial score (nSPS) is 10.3. The van der Waals surface area contributed by atoms with E-state index in [1.54, 1.807) is 30.3 Å². The molecule has 2 rings (SSSR count). The van der Waals surface area contributed by atoms with Gasteiger partial charge in [-0.1, -0.05) is 35.3 Å². The van der Waals surface area contributed by atoms with Crippen molar-refractivity contribution in [2.24, 2.45) is 0 Å². The van der Waals surface area contributed by atoms with E-state index in [1.807, 2.05) is 13.0 Å². The first-order chi connectivity index (χ1) is 9.61. The monoisotopic (exact) mass is 311 g/mol. The number of hydrogen-bond acceptors (Lipinski definition) is 3. The molecular formula is C15H15Cl2NO2. The Labute approximate surface area is 128 Å². The van der Waals surface area contributed by atoms with Gasteiger partial charge in [0.05, 0.1) is 17.3 Å². The molecule has 20 heavy (non-hydrogen) atoms. The van der Waals surface area contributed by atoms with Crippen LogP contribution in [-0.2, 0) is 6.54 Å². The third-order valence-electron chi connectivity index (χ3n) is 2.78. The summed E-state index contributed by atoms with van der Waals surface area (Å²) in [5.74, 6) is 0.806. The molecule has 3 nitrogen and oxygen atoms in total. The van der Waals surface area contributed by atoms with Crippen LogP contribution in [0.5, 0.6) is 11.5 Å². The summed E-state index contributed by atoms with van der Waals surface area (Å²) in [6, 6.07) is 10.6. The number of nitrogens with one attached hydrogen (secondary N) is 1. The van der Waals surface area contributed by atoms with Crippen LogP contribution in [-0.4, -0.2) is 11.7 Å². The fourth-order valence-corrected chi connectivity index (χ4v) is 2.18. The Morgan fingerprint density at radius 2 is 2.00 bits per heavy atom. The molecule has 5 heteroatoms. The summed E-state index contributed by atoms with van der Waals surface area (Å²) in [6.07, 6.45) is 0. The number of anilines is 1. The Morgan fingerprint density at radius 1 is 1.20 bits per heavy atom. The first kappa shape index (κ1) is 14.8. The summed E-state index contributed by atoms with van der Waals surface area (Å²) >= 11 is 11.9. The van der Waals surface area contributed by atoms with Gasteiger partial charge >= 0.3 is 0 Å². The molecule has 106 valence electrons. The fourth-order valence-electron chi connectivity index (χ4n) is 1.81. The number of benzene rings is 2. The molecule has 0 atom stereocenters. The lowest BCUT2D eigenvalue weighted by Gasteiger charge is -2.13. The van der Waals surface area contributed by atoms with E-state index in [0.717, 1.165) is 11.4 Å². The minimum atomic E-state index is 0.0849. The Balaban J connectivity index is 2.18. The maximum atomic E-state index is 9.87. The molecule has 0 radical (unpaired) electrons. The molecule has 0 saturated carbocycles. The number of para-hydroxylation sites is 1. The summed E-state index contributed by atoms with van der Waals surface area (Å²) in [4.78, 5) is 0. The zero-order valence-corrected chi connectivity index (χ0v) is 12.5.